The minimum absolute atomic E-state index is 0.286. The van der Waals surface area contributed by atoms with E-state index < -0.39 is 0 Å². The summed E-state index contributed by atoms with van der Waals surface area (Å²) in [5, 5.41) is 0. The van der Waals surface area contributed by atoms with Gasteiger partial charge < -0.3 is 18.9 Å². The van der Waals surface area contributed by atoms with E-state index in [1.54, 1.807) is 0 Å². The van der Waals surface area contributed by atoms with E-state index in [0.717, 1.165) is 46.1 Å². The van der Waals surface area contributed by atoms with E-state index in [0.29, 0.717) is 12.2 Å². The fourth-order valence-corrected chi connectivity index (χ4v) is 4.88. The van der Waals surface area contributed by atoms with Gasteiger partial charge >= 0.3 is 0 Å². The van der Waals surface area contributed by atoms with Crippen molar-refractivity contribution in [2.24, 2.45) is 0 Å². The van der Waals surface area contributed by atoms with E-state index in [9.17, 15) is 0 Å². The lowest BCUT2D eigenvalue weighted by Crippen LogP contribution is -2.26. The second-order valence-electron chi connectivity index (χ2n) is 7.88. The number of benzene rings is 1. The summed E-state index contributed by atoms with van der Waals surface area (Å²) >= 11 is 7.20. The molecule has 2 aliphatic rings. The second-order valence-corrected chi connectivity index (χ2v) is 9.58. The number of rotatable bonds is 8. The summed E-state index contributed by atoms with van der Waals surface area (Å²) in [6.45, 7) is 3.92. The average molecular weight is 520 g/mol. The van der Waals surface area contributed by atoms with Crippen molar-refractivity contribution in [3.63, 3.8) is 0 Å². The zero-order valence-corrected chi connectivity index (χ0v) is 20.1. The van der Waals surface area contributed by atoms with Crippen molar-refractivity contribution >= 4 is 31.9 Å². The first-order chi connectivity index (χ1) is 13.5. The number of halogens is 2. The highest BCUT2D eigenvalue weighted by Crippen LogP contribution is 2.38. The quantitative estimate of drug-likeness (QED) is 0.336. The van der Waals surface area contributed by atoms with Gasteiger partial charge in [0.15, 0.2) is 12.6 Å². The van der Waals surface area contributed by atoms with Gasteiger partial charge in [0.05, 0.1) is 21.2 Å². The van der Waals surface area contributed by atoms with Crippen molar-refractivity contribution in [2.45, 2.75) is 103 Å². The normalized spacial score (nSPS) is 21.3. The monoisotopic (exact) mass is 518 g/mol. The first-order valence-electron chi connectivity index (χ1n) is 10.6. The van der Waals surface area contributed by atoms with Crippen LogP contribution in [-0.4, -0.2) is 24.8 Å². The van der Waals surface area contributed by atoms with Crippen LogP contribution in [0, 0.1) is 0 Å². The van der Waals surface area contributed by atoms with Crippen LogP contribution in [0.25, 0.3) is 0 Å². The van der Waals surface area contributed by atoms with Gasteiger partial charge in [0, 0.05) is 0 Å². The van der Waals surface area contributed by atoms with Crippen molar-refractivity contribution in [3.8, 4) is 11.5 Å². The van der Waals surface area contributed by atoms with Crippen LogP contribution in [0.5, 0.6) is 11.5 Å². The molecule has 0 amide bonds. The molecule has 2 atom stereocenters. The molecule has 0 radical (unpaired) electrons. The number of hydrogen-bond donors (Lipinski definition) is 0. The first kappa shape index (κ1) is 22.4. The Morgan fingerprint density at radius 2 is 1.04 bits per heavy atom. The molecule has 0 aromatic heterocycles. The van der Waals surface area contributed by atoms with Crippen LogP contribution in [0.4, 0.5) is 0 Å². The lowest BCUT2D eigenvalue weighted by atomic mass is 9.98. The third kappa shape index (κ3) is 6.89. The molecule has 0 bridgehead atoms. The summed E-state index contributed by atoms with van der Waals surface area (Å²) in [6.07, 6.45) is 12.2. The molecule has 28 heavy (non-hydrogen) atoms. The van der Waals surface area contributed by atoms with Crippen molar-refractivity contribution in [3.05, 3.63) is 21.1 Å². The molecule has 4 nitrogen and oxygen atoms in total. The summed E-state index contributed by atoms with van der Waals surface area (Å²) in [7, 11) is 0. The topological polar surface area (TPSA) is 36.9 Å². The van der Waals surface area contributed by atoms with E-state index in [-0.39, 0.29) is 12.6 Å². The maximum Gasteiger partial charge on any atom is 0.197 e. The molecule has 0 heterocycles. The lowest BCUT2D eigenvalue weighted by Gasteiger charge is -2.27. The molecule has 2 unspecified atom stereocenters. The smallest absolute Gasteiger partial charge is 0.197 e. The van der Waals surface area contributed by atoms with Crippen LogP contribution in [0.1, 0.15) is 78.1 Å². The Morgan fingerprint density at radius 3 is 1.39 bits per heavy atom. The van der Waals surface area contributed by atoms with Crippen molar-refractivity contribution in [2.75, 3.05) is 0 Å². The molecule has 1 aromatic rings. The molecule has 2 saturated carbocycles. The van der Waals surface area contributed by atoms with Crippen LogP contribution in [0.15, 0.2) is 21.1 Å². The predicted octanol–water partition coefficient (Wildman–Crippen LogP) is 7.36. The van der Waals surface area contributed by atoms with Gasteiger partial charge in [0.2, 0.25) is 0 Å². The van der Waals surface area contributed by atoms with Crippen LogP contribution in [-0.2, 0) is 9.47 Å². The van der Waals surface area contributed by atoms with Crippen LogP contribution >= 0.6 is 31.9 Å². The minimum atomic E-state index is -0.286. The maximum absolute atomic E-state index is 6.06. The summed E-state index contributed by atoms with van der Waals surface area (Å²) in [5.41, 5.74) is 0. The summed E-state index contributed by atoms with van der Waals surface area (Å²) in [4.78, 5) is 0. The van der Waals surface area contributed by atoms with Gasteiger partial charge in [-0.05, 0) is 83.5 Å². The fourth-order valence-electron chi connectivity index (χ4n) is 4.05. The highest BCUT2D eigenvalue weighted by Gasteiger charge is 2.21. The van der Waals surface area contributed by atoms with Gasteiger partial charge in [-0.2, -0.15) is 0 Å². The van der Waals surface area contributed by atoms with Gasteiger partial charge in [0.1, 0.15) is 11.5 Å². The van der Waals surface area contributed by atoms with Crippen LogP contribution < -0.4 is 9.47 Å². The number of hydrogen-bond acceptors (Lipinski definition) is 4. The number of ether oxygens (including phenoxy) is 4. The molecule has 158 valence electrons. The first-order valence-corrected chi connectivity index (χ1v) is 12.2. The molecule has 1 aromatic carbocycles. The second kappa shape index (κ2) is 11.2. The van der Waals surface area contributed by atoms with E-state index in [1.807, 2.05) is 26.0 Å². The van der Waals surface area contributed by atoms with Crippen molar-refractivity contribution in [1.82, 2.24) is 0 Å². The Bertz CT molecular complexity index is 559. The highest BCUT2D eigenvalue weighted by atomic mass is 79.9. The van der Waals surface area contributed by atoms with Crippen LogP contribution in [0.3, 0.4) is 0 Å². The largest absolute Gasteiger partial charge is 0.464 e. The van der Waals surface area contributed by atoms with Gasteiger partial charge in [0.25, 0.3) is 0 Å². The molecule has 0 aliphatic heterocycles. The fraction of sp³-hybridized carbons (Fsp3) is 0.727. The Morgan fingerprint density at radius 1 is 0.679 bits per heavy atom. The van der Waals surface area contributed by atoms with Crippen LogP contribution in [0.2, 0.25) is 0 Å². The van der Waals surface area contributed by atoms with E-state index in [4.69, 9.17) is 18.9 Å². The SMILES string of the molecule is CC(Oc1cc(Br)c(OC(C)OC2CCCCC2)cc1Br)OC1CCCCC1. The zero-order valence-electron chi connectivity index (χ0n) is 16.9. The van der Waals surface area contributed by atoms with Gasteiger partial charge in [-0.25, -0.2) is 0 Å². The highest BCUT2D eigenvalue weighted by molar-refractivity contribution is 9.11. The molecule has 6 heteroatoms. The molecule has 3 rings (SSSR count). The van der Waals surface area contributed by atoms with Crippen molar-refractivity contribution in [1.29, 1.82) is 0 Å². The van der Waals surface area contributed by atoms with E-state index in [2.05, 4.69) is 31.9 Å². The molecule has 2 fully saturated rings. The molecular weight excluding hydrogens is 488 g/mol. The summed E-state index contributed by atoms with van der Waals surface area (Å²) in [5.74, 6) is 1.48. The Kier molecular flexibility index (Phi) is 8.95. The summed E-state index contributed by atoms with van der Waals surface area (Å²) in [6, 6.07) is 3.85. The van der Waals surface area contributed by atoms with E-state index in [1.165, 1.54) is 38.5 Å². The molecule has 2 aliphatic carbocycles. The average Bonchev–Trinajstić information content (AvgIpc) is 2.67. The predicted molar refractivity (Wildman–Crippen MR) is 118 cm³/mol. The molecular formula is C22H32Br2O4. The van der Waals surface area contributed by atoms with Gasteiger partial charge in [-0.3, -0.25) is 0 Å². The molecule has 0 saturated heterocycles. The minimum Gasteiger partial charge on any atom is -0.464 e. The third-order valence-electron chi connectivity index (χ3n) is 5.44. The zero-order chi connectivity index (χ0) is 19.9. The Hall–Kier alpha value is -0.300. The van der Waals surface area contributed by atoms with Gasteiger partial charge in [-0.1, -0.05) is 38.5 Å². The molecule has 0 N–H and O–H groups in total. The van der Waals surface area contributed by atoms with Gasteiger partial charge in [-0.15, -0.1) is 0 Å². The van der Waals surface area contributed by atoms with E-state index >= 15 is 0 Å². The third-order valence-corrected chi connectivity index (χ3v) is 6.68. The Balaban J connectivity index is 1.53. The summed E-state index contributed by atoms with van der Waals surface area (Å²) < 4.78 is 25.9. The Labute approximate surface area is 185 Å². The maximum atomic E-state index is 6.06. The lowest BCUT2D eigenvalue weighted by molar-refractivity contribution is -0.119. The standard InChI is InChI=1S/C22H32Br2O4/c1-15(25-17-9-5-3-6-10-17)27-21-13-20(24)22(14-19(21)23)28-16(2)26-18-11-7-4-8-12-18/h13-18H,3-12H2,1-2H3. The van der Waals surface area contributed by atoms with Crippen molar-refractivity contribution < 1.29 is 18.9 Å². The molecule has 0 spiro atoms.